The summed E-state index contributed by atoms with van der Waals surface area (Å²) >= 11 is 0. The molecular weight excluding hydrogens is 416 g/mol. The summed E-state index contributed by atoms with van der Waals surface area (Å²) in [5.41, 5.74) is 1.87. The molecule has 0 spiro atoms. The van der Waals surface area contributed by atoms with Crippen LogP contribution in [0.15, 0.2) is 61.1 Å². The van der Waals surface area contributed by atoms with Crippen LogP contribution in [0.3, 0.4) is 0 Å². The van der Waals surface area contributed by atoms with Crippen LogP contribution in [0.25, 0.3) is 5.82 Å². The highest BCUT2D eigenvalue weighted by atomic mass is 32.2. The summed E-state index contributed by atoms with van der Waals surface area (Å²) in [6.07, 6.45) is 8.43. The van der Waals surface area contributed by atoms with Crippen LogP contribution >= 0.6 is 0 Å². The molecule has 10 heteroatoms. The van der Waals surface area contributed by atoms with Crippen molar-refractivity contribution in [3.8, 4) is 5.82 Å². The number of anilines is 3. The van der Waals surface area contributed by atoms with Gasteiger partial charge in [-0.3, -0.25) is 9.52 Å². The van der Waals surface area contributed by atoms with E-state index in [4.69, 9.17) is 0 Å². The fourth-order valence-corrected chi connectivity index (χ4v) is 4.52. The van der Waals surface area contributed by atoms with Gasteiger partial charge >= 0.3 is 0 Å². The van der Waals surface area contributed by atoms with Crippen molar-refractivity contribution < 1.29 is 13.2 Å². The Hall–Kier alpha value is -3.40. The van der Waals surface area contributed by atoms with Gasteiger partial charge in [-0.25, -0.2) is 18.1 Å². The van der Waals surface area contributed by atoms with E-state index in [9.17, 15) is 13.2 Å². The number of carbonyl (C=O) groups is 1. The van der Waals surface area contributed by atoms with Crippen LogP contribution in [0.2, 0.25) is 0 Å². The van der Waals surface area contributed by atoms with Crippen molar-refractivity contribution in [1.29, 1.82) is 0 Å². The first-order valence-electron chi connectivity index (χ1n) is 10.1. The van der Waals surface area contributed by atoms with Crippen LogP contribution in [0.4, 0.5) is 17.1 Å². The number of piperidine rings is 1. The summed E-state index contributed by atoms with van der Waals surface area (Å²) in [6, 6.07) is 12.3. The van der Waals surface area contributed by atoms with E-state index in [2.05, 4.69) is 25.0 Å². The molecule has 3 heterocycles. The van der Waals surface area contributed by atoms with Crippen LogP contribution in [0.5, 0.6) is 0 Å². The Morgan fingerprint density at radius 1 is 1.00 bits per heavy atom. The highest BCUT2D eigenvalue weighted by Crippen LogP contribution is 2.22. The second kappa shape index (κ2) is 9.17. The first-order chi connectivity index (χ1) is 15.0. The van der Waals surface area contributed by atoms with Gasteiger partial charge < -0.3 is 10.2 Å². The van der Waals surface area contributed by atoms with Crippen molar-refractivity contribution in [2.75, 3.05) is 33.8 Å². The van der Waals surface area contributed by atoms with Crippen molar-refractivity contribution in [2.45, 2.75) is 19.3 Å². The zero-order valence-corrected chi connectivity index (χ0v) is 17.8. The fourth-order valence-electron chi connectivity index (χ4n) is 3.54. The van der Waals surface area contributed by atoms with Crippen LogP contribution in [0, 0.1) is 0 Å². The van der Waals surface area contributed by atoms with Gasteiger partial charge in [-0.2, -0.15) is 5.10 Å². The standard InChI is InChI=1S/C21H24N6O3S/c28-20(24-19-6-4-11-22-21(19)27-15-5-12-23-27)16-31(29,30)25-17-7-9-18(10-8-17)26-13-2-1-3-14-26/h4-12,15,25H,1-3,13-14,16H2,(H,24,28). The van der Waals surface area contributed by atoms with Gasteiger partial charge in [0.1, 0.15) is 5.75 Å². The third kappa shape index (κ3) is 5.40. The van der Waals surface area contributed by atoms with Gasteiger partial charge in [-0.15, -0.1) is 0 Å². The molecule has 1 saturated heterocycles. The minimum absolute atomic E-state index is 0.372. The summed E-state index contributed by atoms with van der Waals surface area (Å²) in [5, 5.41) is 6.70. The summed E-state index contributed by atoms with van der Waals surface area (Å²) in [7, 11) is -3.88. The topological polar surface area (TPSA) is 109 Å². The zero-order chi connectivity index (χ0) is 21.7. The lowest BCUT2D eigenvalue weighted by atomic mass is 10.1. The van der Waals surface area contributed by atoms with E-state index in [1.54, 1.807) is 48.9 Å². The highest BCUT2D eigenvalue weighted by molar-refractivity contribution is 7.93. The Morgan fingerprint density at radius 2 is 1.77 bits per heavy atom. The molecular formula is C21H24N6O3S. The van der Waals surface area contributed by atoms with Gasteiger partial charge in [0.05, 0.1) is 5.69 Å². The van der Waals surface area contributed by atoms with Gasteiger partial charge in [0.2, 0.25) is 15.9 Å². The van der Waals surface area contributed by atoms with Crippen molar-refractivity contribution in [3.05, 3.63) is 61.1 Å². The number of amides is 1. The molecule has 1 aromatic carbocycles. The number of hydrogen-bond acceptors (Lipinski definition) is 6. The van der Waals surface area contributed by atoms with E-state index in [0.717, 1.165) is 18.8 Å². The largest absolute Gasteiger partial charge is 0.372 e. The van der Waals surface area contributed by atoms with Crippen molar-refractivity contribution in [3.63, 3.8) is 0 Å². The molecule has 2 N–H and O–H groups in total. The molecule has 0 radical (unpaired) electrons. The Balaban J connectivity index is 1.38. The van der Waals surface area contributed by atoms with E-state index in [1.165, 1.54) is 23.9 Å². The number of pyridine rings is 1. The monoisotopic (exact) mass is 440 g/mol. The normalized spacial score (nSPS) is 14.3. The third-order valence-corrected chi connectivity index (χ3v) is 6.15. The molecule has 1 amide bonds. The number of carbonyl (C=O) groups excluding carboxylic acids is 1. The Labute approximate surface area is 181 Å². The number of rotatable bonds is 7. The molecule has 162 valence electrons. The molecule has 0 aliphatic carbocycles. The van der Waals surface area contributed by atoms with E-state index >= 15 is 0 Å². The molecule has 2 aromatic heterocycles. The molecule has 3 aromatic rings. The number of hydrogen-bond donors (Lipinski definition) is 2. The molecule has 0 atom stereocenters. The highest BCUT2D eigenvalue weighted by Gasteiger charge is 2.19. The summed E-state index contributed by atoms with van der Waals surface area (Å²) in [6.45, 7) is 2.03. The average Bonchev–Trinajstić information content (AvgIpc) is 3.29. The molecule has 4 rings (SSSR count). The minimum atomic E-state index is -3.88. The van der Waals surface area contributed by atoms with E-state index in [1.807, 2.05) is 12.1 Å². The molecule has 9 nitrogen and oxygen atoms in total. The molecule has 1 aliphatic heterocycles. The summed E-state index contributed by atoms with van der Waals surface area (Å²) in [5.74, 6) is -0.979. The predicted molar refractivity (Wildman–Crippen MR) is 120 cm³/mol. The van der Waals surface area contributed by atoms with Crippen molar-refractivity contribution in [2.24, 2.45) is 0 Å². The lowest BCUT2D eigenvalue weighted by molar-refractivity contribution is -0.113. The van der Waals surface area contributed by atoms with Crippen LogP contribution < -0.4 is 14.9 Å². The third-order valence-electron chi connectivity index (χ3n) is 4.97. The molecule has 0 saturated carbocycles. The number of benzene rings is 1. The smallest absolute Gasteiger partial charge is 0.241 e. The Bertz CT molecular complexity index is 1120. The summed E-state index contributed by atoms with van der Waals surface area (Å²) < 4.78 is 28.9. The lowest BCUT2D eigenvalue weighted by Gasteiger charge is -2.28. The van der Waals surface area contributed by atoms with Gasteiger partial charge in [0.25, 0.3) is 0 Å². The van der Waals surface area contributed by atoms with E-state index < -0.39 is 21.7 Å². The van der Waals surface area contributed by atoms with Crippen LogP contribution in [0.1, 0.15) is 19.3 Å². The van der Waals surface area contributed by atoms with Crippen molar-refractivity contribution >= 4 is 33.0 Å². The maximum absolute atomic E-state index is 12.5. The fraction of sp³-hybridized carbons (Fsp3) is 0.286. The van der Waals surface area contributed by atoms with Gasteiger partial charge in [-0.1, -0.05) is 0 Å². The zero-order valence-electron chi connectivity index (χ0n) is 16.9. The van der Waals surface area contributed by atoms with E-state index in [-0.39, 0.29) is 0 Å². The maximum atomic E-state index is 12.5. The second-order valence-corrected chi connectivity index (χ2v) is 9.05. The van der Waals surface area contributed by atoms with Crippen LogP contribution in [-0.4, -0.2) is 47.9 Å². The minimum Gasteiger partial charge on any atom is -0.372 e. The number of nitrogens with one attached hydrogen (secondary N) is 2. The van der Waals surface area contributed by atoms with E-state index in [0.29, 0.717) is 17.2 Å². The Morgan fingerprint density at radius 3 is 2.48 bits per heavy atom. The summed E-state index contributed by atoms with van der Waals surface area (Å²) in [4.78, 5) is 18.9. The van der Waals surface area contributed by atoms with Gasteiger partial charge in [0.15, 0.2) is 5.82 Å². The maximum Gasteiger partial charge on any atom is 0.241 e. The van der Waals surface area contributed by atoms with Crippen molar-refractivity contribution in [1.82, 2.24) is 14.8 Å². The number of sulfonamides is 1. The Kier molecular flexibility index (Phi) is 6.17. The molecule has 31 heavy (non-hydrogen) atoms. The molecule has 0 bridgehead atoms. The predicted octanol–water partition coefficient (Wildman–Crippen LogP) is 2.64. The van der Waals surface area contributed by atoms with Crippen LogP contribution in [-0.2, 0) is 14.8 Å². The number of aromatic nitrogens is 3. The first kappa shape index (κ1) is 20.9. The molecule has 0 unspecified atom stereocenters. The molecule has 1 aliphatic rings. The molecule has 1 fully saturated rings. The second-order valence-electron chi connectivity index (χ2n) is 7.33. The first-order valence-corrected chi connectivity index (χ1v) is 11.8. The average molecular weight is 441 g/mol. The number of nitrogens with zero attached hydrogens (tertiary/aromatic N) is 4. The lowest BCUT2D eigenvalue weighted by Crippen LogP contribution is -2.29. The van der Waals surface area contributed by atoms with Gasteiger partial charge in [-0.05, 0) is 61.7 Å². The SMILES string of the molecule is O=C(CS(=O)(=O)Nc1ccc(N2CCCCC2)cc1)Nc1cccnc1-n1cccn1. The quantitative estimate of drug-likeness (QED) is 0.585. The van der Waals surface area contributed by atoms with Gasteiger partial charge in [0, 0.05) is 43.1 Å².